The van der Waals surface area contributed by atoms with Gasteiger partial charge < -0.3 is 10.6 Å². The molecule has 0 spiro atoms. The molecule has 0 saturated carbocycles. The van der Waals surface area contributed by atoms with Crippen LogP contribution in [0.4, 0.5) is 0 Å². The molecule has 5 heteroatoms. The molecule has 4 nitrogen and oxygen atoms in total. The number of halogens is 1. The molecule has 2 heterocycles. The van der Waals surface area contributed by atoms with Crippen molar-refractivity contribution in [1.82, 2.24) is 15.6 Å². The molecule has 2 rings (SSSR count). The Bertz CT molecular complexity index is 377. The summed E-state index contributed by atoms with van der Waals surface area (Å²) in [7, 11) is 0. The quantitative estimate of drug-likeness (QED) is 0.780. The van der Waals surface area contributed by atoms with Crippen LogP contribution >= 0.6 is 11.6 Å². The van der Waals surface area contributed by atoms with Crippen molar-refractivity contribution >= 4 is 17.5 Å². The molecule has 0 unspecified atom stereocenters. The molecular formula is C11H14ClN3O. The summed E-state index contributed by atoms with van der Waals surface area (Å²) < 4.78 is 0. The largest absolute Gasteiger partial charge is 0.350 e. The van der Waals surface area contributed by atoms with Gasteiger partial charge in [-0.2, -0.15) is 0 Å². The molecule has 2 N–H and O–H groups in total. The van der Waals surface area contributed by atoms with Crippen LogP contribution in [0.3, 0.4) is 0 Å². The number of nitrogens with one attached hydrogen (secondary N) is 2. The molecule has 0 aromatic carbocycles. The number of pyridine rings is 1. The smallest absolute Gasteiger partial charge is 0.254 e. The molecule has 1 fully saturated rings. The van der Waals surface area contributed by atoms with Crippen LogP contribution in [0.5, 0.6) is 0 Å². The number of rotatable bonds is 3. The SMILES string of the molecule is O=C(NC[C@H]1CCCN1)c1cccnc1Cl. The Morgan fingerprint density at radius 1 is 1.69 bits per heavy atom. The van der Waals surface area contributed by atoms with Crippen molar-refractivity contribution in [2.24, 2.45) is 0 Å². The lowest BCUT2D eigenvalue weighted by atomic mass is 10.2. The monoisotopic (exact) mass is 239 g/mol. The lowest BCUT2D eigenvalue weighted by Gasteiger charge is -2.11. The van der Waals surface area contributed by atoms with Crippen molar-refractivity contribution in [3.8, 4) is 0 Å². The van der Waals surface area contributed by atoms with Crippen molar-refractivity contribution in [3.05, 3.63) is 29.0 Å². The van der Waals surface area contributed by atoms with E-state index in [9.17, 15) is 4.79 Å². The number of amides is 1. The highest BCUT2D eigenvalue weighted by Crippen LogP contribution is 2.11. The van der Waals surface area contributed by atoms with Crippen LogP contribution in [0.15, 0.2) is 18.3 Å². The van der Waals surface area contributed by atoms with Crippen molar-refractivity contribution < 1.29 is 4.79 Å². The minimum Gasteiger partial charge on any atom is -0.350 e. The summed E-state index contributed by atoms with van der Waals surface area (Å²) in [6.45, 7) is 1.68. The van der Waals surface area contributed by atoms with Gasteiger partial charge in [0.05, 0.1) is 5.56 Å². The Morgan fingerprint density at radius 2 is 2.56 bits per heavy atom. The van der Waals surface area contributed by atoms with Gasteiger partial charge in [-0.05, 0) is 31.5 Å². The third-order valence-electron chi connectivity index (χ3n) is 2.68. The first-order valence-electron chi connectivity index (χ1n) is 5.39. The Balaban J connectivity index is 1.90. The van der Waals surface area contributed by atoms with Crippen molar-refractivity contribution in [3.63, 3.8) is 0 Å². The number of aromatic nitrogens is 1. The van der Waals surface area contributed by atoms with Gasteiger partial charge in [0.1, 0.15) is 5.15 Å². The fourth-order valence-corrected chi connectivity index (χ4v) is 2.00. The second kappa shape index (κ2) is 5.27. The van der Waals surface area contributed by atoms with Crippen molar-refractivity contribution in [1.29, 1.82) is 0 Å². The van der Waals surface area contributed by atoms with E-state index >= 15 is 0 Å². The summed E-state index contributed by atoms with van der Waals surface area (Å²) in [5.41, 5.74) is 0.433. The number of carbonyl (C=O) groups excluding carboxylic acids is 1. The van der Waals surface area contributed by atoms with Gasteiger partial charge >= 0.3 is 0 Å². The van der Waals surface area contributed by atoms with Crippen molar-refractivity contribution in [2.45, 2.75) is 18.9 Å². The highest BCUT2D eigenvalue weighted by molar-refractivity contribution is 6.32. The second-order valence-electron chi connectivity index (χ2n) is 3.85. The molecule has 1 amide bonds. The minimum absolute atomic E-state index is 0.160. The number of nitrogens with zero attached hydrogens (tertiary/aromatic N) is 1. The standard InChI is InChI=1S/C11H14ClN3O/c12-10-9(4-2-6-14-10)11(16)15-7-8-3-1-5-13-8/h2,4,6,8,13H,1,3,5,7H2,(H,15,16)/t8-/m1/s1. The van der Waals surface area contributed by atoms with E-state index in [0.29, 0.717) is 18.2 Å². The predicted octanol–water partition coefficient (Wildman–Crippen LogP) is 1.22. The van der Waals surface area contributed by atoms with E-state index in [4.69, 9.17) is 11.6 Å². The maximum absolute atomic E-state index is 11.8. The van der Waals surface area contributed by atoms with E-state index in [0.717, 1.165) is 13.0 Å². The van der Waals surface area contributed by atoms with Gasteiger partial charge in [-0.3, -0.25) is 4.79 Å². The number of carbonyl (C=O) groups is 1. The molecular weight excluding hydrogens is 226 g/mol. The lowest BCUT2D eigenvalue weighted by molar-refractivity contribution is 0.0950. The summed E-state index contributed by atoms with van der Waals surface area (Å²) in [5.74, 6) is -0.160. The molecule has 86 valence electrons. The molecule has 1 aliphatic heterocycles. The zero-order valence-corrected chi connectivity index (χ0v) is 9.63. The maximum Gasteiger partial charge on any atom is 0.254 e. The van der Waals surface area contributed by atoms with E-state index in [2.05, 4.69) is 15.6 Å². The molecule has 1 atom stereocenters. The fraction of sp³-hybridized carbons (Fsp3) is 0.455. The molecule has 1 aromatic heterocycles. The summed E-state index contributed by atoms with van der Waals surface area (Å²) in [6.07, 6.45) is 3.85. The van der Waals surface area contributed by atoms with Crippen LogP contribution in [0.25, 0.3) is 0 Å². The Kier molecular flexibility index (Phi) is 3.74. The zero-order chi connectivity index (χ0) is 11.4. The van der Waals surface area contributed by atoms with E-state index < -0.39 is 0 Å². The van der Waals surface area contributed by atoms with Crippen LogP contribution in [-0.4, -0.2) is 30.0 Å². The average molecular weight is 240 g/mol. The van der Waals surface area contributed by atoms with Gasteiger partial charge in [-0.25, -0.2) is 4.98 Å². The van der Waals surface area contributed by atoms with Gasteiger partial charge in [-0.15, -0.1) is 0 Å². The van der Waals surface area contributed by atoms with Crippen molar-refractivity contribution in [2.75, 3.05) is 13.1 Å². The van der Waals surface area contributed by atoms with Crippen LogP contribution in [0, 0.1) is 0 Å². The molecule has 1 saturated heterocycles. The summed E-state index contributed by atoms with van der Waals surface area (Å²) in [6, 6.07) is 3.76. The Hall–Kier alpha value is -1.13. The summed E-state index contributed by atoms with van der Waals surface area (Å²) in [4.78, 5) is 15.6. The van der Waals surface area contributed by atoms with Gasteiger partial charge in [0, 0.05) is 18.8 Å². The fourth-order valence-electron chi connectivity index (χ4n) is 1.80. The molecule has 0 aliphatic carbocycles. The highest BCUT2D eigenvalue weighted by Gasteiger charge is 2.16. The van der Waals surface area contributed by atoms with Crippen LogP contribution in [0.2, 0.25) is 5.15 Å². The molecule has 1 aliphatic rings. The summed E-state index contributed by atoms with van der Waals surface area (Å²) >= 11 is 5.83. The van der Waals surface area contributed by atoms with Gasteiger partial charge in [-0.1, -0.05) is 11.6 Å². The molecule has 16 heavy (non-hydrogen) atoms. The highest BCUT2D eigenvalue weighted by atomic mass is 35.5. The maximum atomic E-state index is 11.8. The first kappa shape index (κ1) is 11.4. The van der Waals surface area contributed by atoms with E-state index in [-0.39, 0.29) is 11.1 Å². The predicted molar refractivity (Wildman–Crippen MR) is 62.6 cm³/mol. The lowest BCUT2D eigenvalue weighted by Crippen LogP contribution is -2.37. The Labute approximate surface area is 99.4 Å². The van der Waals surface area contributed by atoms with Crippen LogP contribution in [0.1, 0.15) is 23.2 Å². The third kappa shape index (κ3) is 2.71. The normalized spacial score (nSPS) is 19.7. The first-order valence-corrected chi connectivity index (χ1v) is 5.77. The molecule has 0 radical (unpaired) electrons. The van der Waals surface area contributed by atoms with E-state index in [1.54, 1.807) is 18.3 Å². The first-order chi connectivity index (χ1) is 7.77. The number of hydrogen-bond acceptors (Lipinski definition) is 3. The van der Waals surface area contributed by atoms with Crippen LogP contribution in [-0.2, 0) is 0 Å². The minimum atomic E-state index is -0.160. The topological polar surface area (TPSA) is 54.0 Å². The van der Waals surface area contributed by atoms with Gasteiger partial charge in [0.2, 0.25) is 0 Å². The molecule has 1 aromatic rings. The van der Waals surface area contributed by atoms with Gasteiger partial charge in [0.25, 0.3) is 5.91 Å². The number of hydrogen-bond donors (Lipinski definition) is 2. The second-order valence-corrected chi connectivity index (χ2v) is 4.20. The van der Waals surface area contributed by atoms with Gasteiger partial charge in [0.15, 0.2) is 0 Å². The Morgan fingerprint density at radius 3 is 3.25 bits per heavy atom. The average Bonchev–Trinajstić information content (AvgIpc) is 2.79. The molecule has 0 bridgehead atoms. The zero-order valence-electron chi connectivity index (χ0n) is 8.87. The van der Waals surface area contributed by atoms with E-state index in [1.807, 2.05) is 0 Å². The third-order valence-corrected chi connectivity index (χ3v) is 2.98. The van der Waals surface area contributed by atoms with Crippen LogP contribution < -0.4 is 10.6 Å². The van der Waals surface area contributed by atoms with E-state index in [1.165, 1.54) is 6.42 Å². The summed E-state index contributed by atoms with van der Waals surface area (Å²) in [5, 5.41) is 6.42.